The molecule has 0 amide bonds. The molecule has 0 aliphatic rings. The molecule has 0 atom stereocenters. The fourth-order valence-electron chi connectivity index (χ4n) is 2.29. The van der Waals surface area contributed by atoms with Gasteiger partial charge in [0.2, 0.25) is 0 Å². The third kappa shape index (κ3) is 3.00. The van der Waals surface area contributed by atoms with E-state index in [4.69, 9.17) is 0 Å². The number of halogens is 1. The summed E-state index contributed by atoms with van der Waals surface area (Å²) in [6, 6.07) is 5.50. The summed E-state index contributed by atoms with van der Waals surface area (Å²) in [5.41, 5.74) is 1.63. The van der Waals surface area contributed by atoms with Crippen LogP contribution in [0.2, 0.25) is 0 Å². The number of thiazole rings is 1. The van der Waals surface area contributed by atoms with Gasteiger partial charge in [0.15, 0.2) is 4.96 Å². The Morgan fingerprint density at radius 3 is 2.96 bits per heavy atom. The molecule has 1 aromatic carbocycles. The van der Waals surface area contributed by atoms with Gasteiger partial charge in [-0.1, -0.05) is 0 Å². The average molecular weight is 347 g/mol. The second kappa shape index (κ2) is 6.40. The van der Waals surface area contributed by atoms with Crippen LogP contribution in [-0.2, 0) is 11.3 Å². The van der Waals surface area contributed by atoms with Gasteiger partial charge in [0, 0.05) is 22.8 Å². The fraction of sp³-hybridized carbons (Fsp3) is 0.188. The molecular formula is C16H14FN3O3S. The maximum atomic E-state index is 13.6. The van der Waals surface area contributed by atoms with E-state index in [2.05, 4.69) is 15.0 Å². The summed E-state index contributed by atoms with van der Waals surface area (Å²) in [7, 11) is 1.19. The Balaban J connectivity index is 1.83. The van der Waals surface area contributed by atoms with Crippen molar-refractivity contribution in [2.45, 2.75) is 13.5 Å². The molecule has 0 unspecified atom stereocenters. The molecule has 2 heterocycles. The van der Waals surface area contributed by atoms with Gasteiger partial charge < -0.3 is 10.1 Å². The standard InChI is InChI=1S/C16H14FN3O3S/c1-9-8-24-16-19-11(6-14(21)20(9)16)7-18-10-3-4-13(17)12(5-10)15(22)23-2/h3-6,8,18H,7H2,1-2H3. The first-order chi connectivity index (χ1) is 11.5. The monoisotopic (exact) mass is 347 g/mol. The molecule has 3 rings (SSSR count). The summed E-state index contributed by atoms with van der Waals surface area (Å²) < 4.78 is 19.7. The van der Waals surface area contributed by atoms with Crippen LogP contribution < -0.4 is 10.9 Å². The second-order valence-corrected chi connectivity index (χ2v) is 5.96. The maximum Gasteiger partial charge on any atom is 0.340 e. The number of benzene rings is 1. The van der Waals surface area contributed by atoms with Gasteiger partial charge in [0.1, 0.15) is 5.82 Å². The largest absolute Gasteiger partial charge is 0.465 e. The summed E-state index contributed by atoms with van der Waals surface area (Å²) in [6.07, 6.45) is 0. The Morgan fingerprint density at radius 1 is 1.42 bits per heavy atom. The third-order valence-corrected chi connectivity index (χ3v) is 4.42. The molecule has 0 bridgehead atoms. The van der Waals surface area contributed by atoms with E-state index in [1.807, 2.05) is 12.3 Å². The Hall–Kier alpha value is -2.74. The number of carbonyl (C=O) groups is 1. The quantitative estimate of drug-likeness (QED) is 0.735. The van der Waals surface area contributed by atoms with Gasteiger partial charge in [-0.25, -0.2) is 14.2 Å². The van der Waals surface area contributed by atoms with Crippen LogP contribution in [0.1, 0.15) is 21.7 Å². The van der Waals surface area contributed by atoms with Crippen LogP contribution in [0.3, 0.4) is 0 Å². The summed E-state index contributed by atoms with van der Waals surface area (Å²) in [4.78, 5) is 28.7. The van der Waals surface area contributed by atoms with Crippen molar-refractivity contribution in [2.75, 3.05) is 12.4 Å². The van der Waals surface area contributed by atoms with Crippen LogP contribution in [0.4, 0.5) is 10.1 Å². The molecule has 6 nitrogen and oxygen atoms in total. The average Bonchev–Trinajstić information content (AvgIpc) is 2.95. The van der Waals surface area contributed by atoms with Crippen molar-refractivity contribution >= 4 is 28.0 Å². The first-order valence-corrected chi connectivity index (χ1v) is 7.96. The zero-order valence-corrected chi connectivity index (χ0v) is 13.8. The van der Waals surface area contributed by atoms with E-state index < -0.39 is 11.8 Å². The van der Waals surface area contributed by atoms with Gasteiger partial charge in [-0.05, 0) is 25.1 Å². The molecule has 1 N–H and O–H groups in total. The number of esters is 1. The molecule has 3 aromatic rings. The SMILES string of the molecule is COC(=O)c1cc(NCc2cc(=O)n3c(C)csc3n2)ccc1F. The van der Waals surface area contributed by atoms with E-state index in [1.54, 1.807) is 4.40 Å². The van der Waals surface area contributed by atoms with Crippen molar-refractivity contribution in [2.24, 2.45) is 0 Å². The Bertz CT molecular complexity index is 980. The van der Waals surface area contributed by atoms with Crippen molar-refractivity contribution in [3.63, 3.8) is 0 Å². The van der Waals surface area contributed by atoms with E-state index in [0.717, 1.165) is 5.69 Å². The molecule has 0 saturated heterocycles. The predicted octanol–water partition coefficient (Wildman–Crippen LogP) is 2.60. The van der Waals surface area contributed by atoms with E-state index in [1.165, 1.54) is 42.7 Å². The minimum Gasteiger partial charge on any atom is -0.465 e. The maximum absolute atomic E-state index is 13.6. The lowest BCUT2D eigenvalue weighted by atomic mass is 10.2. The molecule has 0 fully saturated rings. The Kier molecular flexibility index (Phi) is 4.30. The van der Waals surface area contributed by atoms with Crippen LogP contribution >= 0.6 is 11.3 Å². The van der Waals surface area contributed by atoms with Crippen molar-refractivity contribution in [3.05, 3.63) is 62.8 Å². The van der Waals surface area contributed by atoms with Crippen LogP contribution in [0.5, 0.6) is 0 Å². The normalized spacial score (nSPS) is 10.8. The van der Waals surface area contributed by atoms with Crippen molar-refractivity contribution in [3.8, 4) is 0 Å². The number of nitrogens with one attached hydrogen (secondary N) is 1. The number of fused-ring (bicyclic) bond motifs is 1. The number of aryl methyl sites for hydroxylation is 1. The highest BCUT2D eigenvalue weighted by atomic mass is 32.1. The highest BCUT2D eigenvalue weighted by Crippen LogP contribution is 2.17. The fourth-order valence-corrected chi connectivity index (χ4v) is 3.18. The Labute approximate surface area is 140 Å². The molecule has 24 heavy (non-hydrogen) atoms. The van der Waals surface area contributed by atoms with E-state index in [9.17, 15) is 14.0 Å². The minimum atomic E-state index is -0.747. The number of rotatable bonds is 4. The molecule has 0 radical (unpaired) electrons. The smallest absolute Gasteiger partial charge is 0.340 e. The zero-order valence-electron chi connectivity index (χ0n) is 13.0. The van der Waals surface area contributed by atoms with Gasteiger partial charge in [-0.2, -0.15) is 0 Å². The van der Waals surface area contributed by atoms with Crippen LogP contribution in [0, 0.1) is 12.7 Å². The van der Waals surface area contributed by atoms with Gasteiger partial charge in [0.25, 0.3) is 5.56 Å². The lowest BCUT2D eigenvalue weighted by molar-refractivity contribution is 0.0595. The number of ether oxygens (including phenoxy) is 1. The first-order valence-electron chi connectivity index (χ1n) is 7.08. The van der Waals surface area contributed by atoms with Gasteiger partial charge in [-0.3, -0.25) is 9.20 Å². The molecule has 0 saturated carbocycles. The Morgan fingerprint density at radius 2 is 2.21 bits per heavy atom. The topological polar surface area (TPSA) is 72.7 Å². The zero-order chi connectivity index (χ0) is 17.3. The molecule has 2 aromatic heterocycles. The van der Waals surface area contributed by atoms with Crippen LogP contribution in [0.15, 0.2) is 34.4 Å². The molecule has 0 aliphatic carbocycles. The highest BCUT2D eigenvalue weighted by molar-refractivity contribution is 7.15. The van der Waals surface area contributed by atoms with E-state index >= 15 is 0 Å². The van der Waals surface area contributed by atoms with Crippen LogP contribution in [0.25, 0.3) is 4.96 Å². The summed E-state index contributed by atoms with van der Waals surface area (Å²) in [6.45, 7) is 2.12. The number of anilines is 1. The lowest BCUT2D eigenvalue weighted by Gasteiger charge is -2.08. The van der Waals surface area contributed by atoms with E-state index in [-0.39, 0.29) is 17.7 Å². The van der Waals surface area contributed by atoms with Crippen LogP contribution in [-0.4, -0.2) is 22.5 Å². The number of carbonyl (C=O) groups excluding carboxylic acids is 1. The van der Waals surface area contributed by atoms with Gasteiger partial charge in [-0.15, -0.1) is 11.3 Å². The summed E-state index contributed by atoms with van der Waals surface area (Å²) in [5, 5.41) is 4.89. The second-order valence-electron chi connectivity index (χ2n) is 5.12. The van der Waals surface area contributed by atoms with Gasteiger partial charge >= 0.3 is 5.97 Å². The summed E-state index contributed by atoms with van der Waals surface area (Å²) >= 11 is 1.39. The van der Waals surface area contributed by atoms with Crippen molar-refractivity contribution in [1.82, 2.24) is 9.38 Å². The molecule has 0 spiro atoms. The third-order valence-electron chi connectivity index (χ3n) is 3.47. The van der Waals surface area contributed by atoms with E-state index in [0.29, 0.717) is 16.3 Å². The number of hydrogen-bond acceptors (Lipinski definition) is 6. The minimum absolute atomic E-state index is 0.148. The summed E-state index contributed by atoms with van der Waals surface area (Å²) in [5.74, 6) is -1.40. The predicted molar refractivity (Wildman–Crippen MR) is 89.1 cm³/mol. The number of nitrogens with zero attached hydrogens (tertiary/aromatic N) is 2. The molecular weight excluding hydrogens is 333 g/mol. The molecule has 0 aliphatic heterocycles. The number of hydrogen-bond donors (Lipinski definition) is 1. The van der Waals surface area contributed by atoms with Gasteiger partial charge in [0.05, 0.1) is 24.9 Å². The highest BCUT2D eigenvalue weighted by Gasteiger charge is 2.13. The van der Waals surface area contributed by atoms with Crippen molar-refractivity contribution in [1.29, 1.82) is 0 Å². The lowest BCUT2D eigenvalue weighted by Crippen LogP contribution is -2.16. The first kappa shape index (κ1) is 16.1. The molecule has 124 valence electrons. The molecule has 8 heteroatoms. The van der Waals surface area contributed by atoms with Crippen molar-refractivity contribution < 1.29 is 13.9 Å². The number of methoxy groups -OCH3 is 1. The number of aromatic nitrogens is 2.